The Morgan fingerprint density at radius 3 is 2.58 bits per heavy atom. The van der Waals surface area contributed by atoms with Gasteiger partial charge in [0.15, 0.2) is 6.29 Å². The van der Waals surface area contributed by atoms with Crippen molar-refractivity contribution in [2.45, 2.75) is 20.0 Å². The molecule has 0 aliphatic heterocycles. The summed E-state index contributed by atoms with van der Waals surface area (Å²) in [5.74, 6) is 0. The van der Waals surface area contributed by atoms with Crippen molar-refractivity contribution >= 4 is 17.6 Å². The number of thiophene rings is 1. The second-order valence-corrected chi connectivity index (χ2v) is 4.12. The molecule has 0 aliphatic carbocycles. The number of aldehydes is 1. The average Bonchev–Trinajstić information content (AvgIpc) is 2.34. The summed E-state index contributed by atoms with van der Waals surface area (Å²) in [6, 6.07) is 2.00. The summed E-state index contributed by atoms with van der Waals surface area (Å²) in [7, 11) is 1.55. The Balaban J connectivity index is 2.99. The first-order valence-corrected chi connectivity index (χ1v) is 4.55. The molecule has 0 aliphatic rings. The second kappa shape index (κ2) is 3.83. The van der Waals surface area contributed by atoms with Crippen LogP contribution in [0.4, 0.5) is 0 Å². The van der Waals surface area contributed by atoms with Gasteiger partial charge in [0.2, 0.25) is 0 Å². The zero-order chi connectivity index (χ0) is 9.14. The molecule has 1 atom stereocenters. The second-order valence-electron chi connectivity index (χ2n) is 2.66. The topological polar surface area (TPSA) is 26.3 Å². The van der Waals surface area contributed by atoms with Crippen LogP contribution in [0.3, 0.4) is 0 Å². The van der Waals surface area contributed by atoms with Gasteiger partial charge in [-0.15, -0.1) is 11.3 Å². The van der Waals surface area contributed by atoms with Crippen LogP contribution in [-0.2, 0) is 9.53 Å². The Hall–Kier alpha value is -0.670. The third-order valence-corrected chi connectivity index (χ3v) is 2.75. The number of ether oxygens (including phenoxy) is 1. The van der Waals surface area contributed by atoms with Crippen LogP contribution in [0, 0.1) is 13.8 Å². The Bertz CT molecular complexity index is 278. The number of hydrogen-bond donors (Lipinski definition) is 0. The van der Waals surface area contributed by atoms with E-state index in [4.69, 9.17) is 4.74 Å². The van der Waals surface area contributed by atoms with E-state index in [1.165, 1.54) is 4.88 Å². The lowest BCUT2D eigenvalue weighted by molar-refractivity contribution is -0.116. The number of rotatable bonds is 3. The largest absolute Gasteiger partial charge is 0.369 e. The van der Waals surface area contributed by atoms with Crippen molar-refractivity contribution in [1.29, 1.82) is 0 Å². The Morgan fingerprint density at radius 1 is 1.58 bits per heavy atom. The lowest BCUT2D eigenvalue weighted by atomic mass is 10.1. The van der Waals surface area contributed by atoms with Gasteiger partial charge in [-0.05, 0) is 19.9 Å². The molecule has 1 rings (SSSR count). The molecular weight excluding hydrogens is 172 g/mol. The van der Waals surface area contributed by atoms with Gasteiger partial charge in [-0.3, -0.25) is 0 Å². The summed E-state index contributed by atoms with van der Waals surface area (Å²) in [5.41, 5.74) is 0.995. The maximum atomic E-state index is 10.6. The van der Waals surface area contributed by atoms with Crippen LogP contribution < -0.4 is 0 Å². The monoisotopic (exact) mass is 184 g/mol. The number of hydrogen-bond acceptors (Lipinski definition) is 3. The standard InChI is InChI=1S/C9H12O2S/c1-6-4-8(7(2)12-6)9(5-10)11-3/h4-5,9H,1-3H3. The maximum Gasteiger partial charge on any atom is 0.153 e. The van der Waals surface area contributed by atoms with Crippen molar-refractivity contribution in [3.63, 3.8) is 0 Å². The maximum absolute atomic E-state index is 10.6. The SMILES string of the molecule is COC(C=O)c1cc(C)sc1C. The molecule has 0 aromatic carbocycles. The molecule has 0 bridgehead atoms. The van der Waals surface area contributed by atoms with Gasteiger partial charge in [0.1, 0.15) is 6.10 Å². The zero-order valence-electron chi connectivity index (χ0n) is 7.46. The van der Waals surface area contributed by atoms with E-state index in [1.807, 2.05) is 19.9 Å². The lowest BCUT2D eigenvalue weighted by Gasteiger charge is -2.06. The molecule has 1 aromatic heterocycles. The molecule has 0 saturated heterocycles. The molecule has 0 saturated carbocycles. The minimum atomic E-state index is -0.394. The van der Waals surface area contributed by atoms with Crippen LogP contribution >= 0.6 is 11.3 Å². The summed E-state index contributed by atoms with van der Waals surface area (Å²) in [6.07, 6.45) is 0.434. The third kappa shape index (κ3) is 1.73. The van der Waals surface area contributed by atoms with E-state index in [-0.39, 0.29) is 0 Å². The molecular formula is C9H12O2S. The van der Waals surface area contributed by atoms with Crippen molar-refractivity contribution in [3.8, 4) is 0 Å². The molecule has 0 amide bonds. The van der Waals surface area contributed by atoms with E-state index in [0.29, 0.717) is 0 Å². The third-order valence-electron chi connectivity index (χ3n) is 1.76. The van der Waals surface area contributed by atoms with E-state index in [0.717, 1.165) is 16.7 Å². The molecule has 1 aromatic rings. The number of methoxy groups -OCH3 is 1. The van der Waals surface area contributed by atoms with Crippen molar-refractivity contribution in [2.75, 3.05) is 7.11 Å². The molecule has 0 radical (unpaired) electrons. The van der Waals surface area contributed by atoms with Crippen LogP contribution in [-0.4, -0.2) is 13.4 Å². The Labute approximate surface area is 76.2 Å². The van der Waals surface area contributed by atoms with E-state index < -0.39 is 6.10 Å². The van der Waals surface area contributed by atoms with Gasteiger partial charge in [0, 0.05) is 22.4 Å². The fourth-order valence-corrected chi connectivity index (χ4v) is 2.15. The number of carbonyl (C=O) groups is 1. The van der Waals surface area contributed by atoms with Gasteiger partial charge >= 0.3 is 0 Å². The fourth-order valence-electron chi connectivity index (χ4n) is 1.19. The van der Waals surface area contributed by atoms with Crippen LogP contribution in [0.25, 0.3) is 0 Å². The van der Waals surface area contributed by atoms with E-state index >= 15 is 0 Å². The van der Waals surface area contributed by atoms with Crippen molar-refractivity contribution in [1.82, 2.24) is 0 Å². The van der Waals surface area contributed by atoms with Gasteiger partial charge in [-0.2, -0.15) is 0 Å². The molecule has 1 unspecified atom stereocenters. The van der Waals surface area contributed by atoms with Gasteiger partial charge in [0.25, 0.3) is 0 Å². The molecule has 2 nitrogen and oxygen atoms in total. The predicted molar refractivity (Wildman–Crippen MR) is 49.6 cm³/mol. The van der Waals surface area contributed by atoms with E-state index in [9.17, 15) is 4.79 Å². The first-order chi connectivity index (χ1) is 5.69. The van der Waals surface area contributed by atoms with Crippen LogP contribution in [0.5, 0.6) is 0 Å². The Morgan fingerprint density at radius 2 is 2.25 bits per heavy atom. The summed E-state index contributed by atoms with van der Waals surface area (Å²) in [5, 5.41) is 0. The fraction of sp³-hybridized carbons (Fsp3) is 0.444. The van der Waals surface area contributed by atoms with Crippen LogP contribution in [0.15, 0.2) is 6.07 Å². The van der Waals surface area contributed by atoms with E-state index in [1.54, 1.807) is 18.4 Å². The summed E-state index contributed by atoms with van der Waals surface area (Å²) >= 11 is 1.69. The lowest BCUT2D eigenvalue weighted by Crippen LogP contribution is -2.02. The molecule has 66 valence electrons. The zero-order valence-corrected chi connectivity index (χ0v) is 8.27. The van der Waals surface area contributed by atoms with E-state index in [2.05, 4.69) is 0 Å². The van der Waals surface area contributed by atoms with Crippen LogP contribution in [0.2, 0.25) is 0 Å². The predicted octanol–water partition coefficient (Wildman–Crippen LogP) is 2.25. The molecule has 12 heavy (non-hydrogen) atoms. The summed E-state index contributed by atoms with van der Waals surface area (Å²) in [4.78, 5) is 13.0. The normalized spacial score (nSPS) is 12.9. The average molecular weight is 184 g/mol. The highest BCUT2D eigenvalue weighted by molar-refractivity contribution is 7.12. The quantitative estimate of drug-likeness (QED) is 0.673. The summed E-state index contributed by atoms with van der Waals surface area (Å²) in [6.45, 7) is 4.03. The van der Waals surface area contributed by atoms with Crippen molar-refractivity contribution in [3.05, 3.63) is 21.4 Å². The molecule has 0 fully saturated rings. The number of aryl methyl sites for hydroxylation is 2. The molecule has 0 spiro atoms. The smallest absolute Gasteiger partial charge is 0.153 e. The minimum Gasteiger partial charge on any atom is -0.369 e. The highest BCUT2D eigenvalue weighted by atomic mass is 32.1. The van der Waals surface area contributed by atoms with Gasteiger partial charge in [-0.25, -0.2) is 0 Å². The van der Waals surface area contributed by atoms with Gasteiger partial charge in [-0.1, -0.05) is 0 Å². The molecule has 0 N–H and O–H groups in total. The van der Waals surface area contributed by atoms with Gasteiger partial charge < -0.3 is 9.53 Å². The molecule has 3 heteroatoms. The van der Waals surface area contributed by atoms with Crippen molar-refractivity contribution in [2.24, 2.45) is 0 Å². The molecule has 1 heterocycles. The van der Waals surface area contributed by atoms with Gasteiger partial charge in [0.05, 0.1) is 0 Å². The van der Waals surface area contributed by atoms with Crippen LogP contribution in [0.1, 0.15) is 21.4 Å². The highest BCUT2D eigenvalue weighted by Crippen LogP contribution is 2.26. The highest BCUT2D eigenvalue weighted by Gasteiger charge is 2.13. The Kier molecular flexibility index (Phi) is 3.00. The van der Waals surface area contributed by atoms with Crippen molar-refractivity contribution < 1.29 is 9.53 Å². The minimum absolute atomic E-state index is 0.394. The number of carbonyl (C=O) groups excluding carboxylic acids is 1. The first kappa shape index (κ1) is 9.42. The summed E-state index contributed by atoms with van der Waals surface area (Å²) < 4.78 is 5.02. The first-order valence-electron chi connectivity index (χ1n) is 3.74.